The van der Waals surface area contributed by atoms with Gasteiger partial charge in [0, 0.05) is 0 Å². The minimum absolute atomic E-state index is 0.537. The Morgan fingerprint density at radius 2 is 2.00 bits per heavy atom. The van der Waals surface area contributed by atoms with Crippen LogP contribution in [0.15, 0.2) is 30.3 Å². The molecule has 1 heterocycles. The molecule has 0 aromatic heterocycles. The molecule has 1 aliphatic rings. The molecule has 2 rings (SSSR count). The number of rotatable bonds is 2. The minimum atomic E-state index is -0.820. The third-order valence-corrected chi connectivity index (χ3v) is 2.96. The van der Waals surface area contributed by atoms with Crippen LogP contribution in [0, 0.1) is 11.3 Å². The second kappa shape index (κ2) is 3.43. The molecule has 0 radical (unpaired) electrons. The van der Waals surface area contributed by atoms with E-state index in [1.165, 1.54) is 0 Å². The van der Waals surface area contributed by atoms with Crippen molar-refractivity contribution < 1.29 is 4.74 Å². The molecule has 14 heavy (non-hydrogen) atoms. The summed E-state index contributed by atoms with van der Waals surface area (Å²) in [5, 5.41) is 8.76. The van der Waals surface area contributed by atoms with Crippen LogP contribution in [0.3, 0.4) is 0 Å². The van der Waals surface area contributed by atoms with Gasteiger partial charge in [0.05, 0.1) is 6.07 Å². The van der Waals surface area contributed by atoms with Crippen molar-refractivity contribution in [2.24, 2.45) is 0 Å². The molecule has 1 aromatic carbocycles. The molecule has 0 N–H and O–H groups in total. The van der Waals surface area contributed by atoms with E-state index in [9.17, 15) is 0 Å². The molecule has 72 valence electrons. The van der Waals surface area contributed by atoms with Crippen LogP contribution in [0.5, 0.6) is 0 Å². The summed E-state index contributed by atoms with van der Waals surface area (Å²) >= 11 is 11.7. The van der Waals surface area contributed by atoms with Crippen LogP contribution in [0.4, 0.5) is 0 Å². The Balaban J connectivity index is 2.37. The summed E-state index contributed by atoms with van der Waals surface area (Å²) in [6.45, 7) is 0. The van der Waals surface area contributed by atoms with Crippen molar-refractivity contribution in [3.63, 3.8) is 0 Å². The third-order valence-electron chi connectivity index (χ3n) is 2.31. The Morgan fingerprint density at radius 3 is 2.43 bits per heavy atom. The molecule has 0 spiro atoms. The number of epoxide rings is 1. The fraction of sp³-hybridized carbons (Fsp3) is 0.300. The summed E-state index contributed by atoms with van der Waals surface area (Å²) in [6, 6.07) is 11.3. The first-order valence-electron chi connectivity index (χ1n) is 4.13. The van der Waals surface area contributed by atoms with Gasteiger partial charge in [0.2, 0.25) is 0 Å². The van der Waals surface area contributed by atoms with Gasteiger partial charge in [-0.25, -0.2) is 0 Å². The first-order chi connectivity index (χ1) is 6.71. The quantitative estimate of drug-likeness (QED) is 0.576. The molecule has 0 bridgehead atoms. The van der Waals surface area contributed by atoms with Crippen molar-refractivity contribution in [3.05, 3.63) is 35.9 Å². The average molecular weight is 228 g/mol. The maximum atomic E-state index is 8.76. The predicted molar refractivity (Wildman–Crippen MR) is 54.1 cm³/mol. The molecule has 0 aliphatic carbocycles. The zero-order valence-electron chi connectivity index (χ0n) is 7.15. The summed E-state index contributed by atoms with van der Waals surface area (Å²) in [4.78, 5) is -0.727. The maximum absolute atomic E-state index is 8.76. The van der Waals surface area contributed by atoms with E-state index in [1.54, 1.807) is 0 Å². The highest BCUT2D eigenvalue weighted by molar-refractivity contribution is 6.45. The highest BCUT2D eigenvalue weighted by atomic mass is 35.5. The molecule has 0 amide bonds. The smallest absolute Gasteiger partial charge is 0.181 e. The molecule has 2 atom stereocenters. The van der Waals surface area contributed by atoms with Crippen molar-refractivity contribution in [3.8, 4) is 6.07 Å². The van der Waals surface area contributed by atoms with E-state index in [0.717, 1.165) is 5.56 Å². The second-order valence-corrected chi connectivity index (χ2v) is 4.18. The summed E-state index contributed by atoms with van der Waals surface area (Å²) in [5.41, 5.74) is 0.0283. The zero-order valence-corrected chi connectivity index (χ0v) is 8.66. The summed E-state index contributed by atoms with van der Waals surface area (Å²) in [6.07, 6.45) is -0.537. The predicted octanol–water partition coefficient (Wildman–Crippen LogP) is 2.61. The van der Waals surface area contributed by atoms with Crippen molar-refractivity contribution in [2.45, 2.75) is 16.5 Å². The number of alkyl halides is 2. The number of nitrogens with zero attached hydrogens (tertiary/aromatic N) is 1. The van der Waals surface area contributed by atoms with Crippen molar-refractivity contribution in [2.75, 3.05) is 0 Å². The van der Waals surface area contributed by atoms with E-state index in [4.69, 9.17) is 33.2 Å². The topological polar surface area (TPSA) is 36.3 Å². The van der Waals surface area contributed by atoms with Crippen LogP contribution in [0.1, 0.15) is 5.56 Å². The second-order valence-electron chi connectivity index (χ2n) is 3.09. The van der Waals surface area contributed by atoms with Gasteiger partial charge in [-0.15, -0.1) is 23.2 Å². The highest BCUT2D eigenvalue weighted by Crippen LogP contribution is 2.52. The Hall–Kier alpha value is -0.750. The van der Waals surface area contributed by atoms with Crippen molar-refractivity contribution in [1.82, 2.24) is 0 Å². The summed E-state index contributed by atoms with van der Waals surface area (Å²) in [7, 11) is 0. The van der Waals surface area contributed by atoms with Gasteiger partial charge in [-0.05, 0) is 5.56 Å². The molecule has 1 fully saturated rings. The fourth-order valence-corrected chi connectivity index (χ4v) is 2.08. The summed E-state index contributed by atoms with van der Waals surface area (Å²) < 4.78 is 5.28. The van der Waals surface area contributed by atoms with Crippen LogP contribution < -0.4 is 0 Å². The van der Waals surface area contributed by atoms with E-state index in [2.05, 4.69) is 0 Å². The van der Waals surface area contributed by atoms with E-state index in [0.29, 0.717) is 0 Å². The van der Waals surface area contributed by atoms with Crippen LogP contribution in [-0.2, 0) is 10.3 Å². The number of nitriles is 1. The van der Waals surface area contributed by atoms with Gasteiger partial charge in [0.1, 0.15) is 4.84 Å². The average Bonchev–Trinajstić information content (AvgIpc) is 2.94. The Bertz CT molecular complexity index is 373. The molecular formula is C10H7Cl2NO. The highest BCUT2D eigenvalue weighted by Gasteiger charge is 2.63. The van der Waals surface area contributed by atoms with Gasteiger partial charge >= 0.3 is 0 Å². The number of hydrogen-bond acceptors (Lipinski definition) is 2. The standard InChI is InChI=1S/C10H7Cl2NO/c11-9(12)10(8(6-13)14-10)7-4-2-1-3-5-7/h1-5,8-9H/t8-,10-/m0/s1. The summed E-state index contributed by atoms with van der Waals surface area (Å²) in [5.74, 6) is 0. The van der Waals surface area contributed by atoms with Gasteiger partial charge in [0.15, 0.2) is 11.7 Å². The number of benzene rings is 1. The van der Waals surface area contributed by atoms with E-state index < -0.39 is 16.5 Å². The Kier molecular flexibility index (Phi) is 2.40. The lowest BCUT2D eigenvalue weighted by Crippen LogP contribution is -2.20. The Morgan fingerprint density at radius 1 is 1.36 bits per heavy atom. The fourth-order valence-electron chi connectivity index (χ4n) is 1.49. The minimum Gasteiger partial charge on any atom is -0.342 e. The van der Waals surface area contributed by atoms with Gasteiger partial charge in [-0.2, -0.15) is 5.26 Å². The lowest BCUT2D eigenvalue weighted by molar-refractivity contribution is 0.315. The first-order valence-corrected chi connectivity index (χ1v) is 5.00. The zero-order chi connectivity index (χ0) is 10.2. The lowest BCUT2D eigenvalue weighted by Gasteiger charge is -2.12. The van der Waals surface area contributed by atoms with Gasteiger partial charge in [-0.3, -0.25) is 0 Å². The molecule has 4 heteroatoms. The molecule has 0 saturated carbocycles. The van der Waals surface area contributed by atoms with Gasteiger partial charge in [0.25, 0.3) is 0 Å². The third kappa shape index (κ3) is 1.29. The van der Waals surface area contributed by atoms with E-state index in [-0.39, 0.29) is 0 Å². The van der Waals surface area contributed by atoms with Gasteiger partial charge < -0.3 is 4.74 Å². The number of ether oxygens (including phenoxy) is 1. The van der Waals surface area contributed by atoms with Crippen LogP contribution >= 0.6 is 23.2 Å². The molecule has 1 aromatic rings. The van der Waals surface area contributed by atoms with Crippen LogP contribution in [-0.4, -0.2) is 10.9 Å². The van der Waals surface area contributed by atoms with Gasteiger partial charge in [-0.1, -0.05) is 30.3 Å². The lowest BCUT2D eigenvalue weighted by atomic mass is 9.98. The number of halogens is 2. The van der Waals surface area contributed by atoms with E-state index in [1.807, 2.05) is 36.4 Å². The first kappa shape index (κ1) is 9.79. The maximum Gasteiger partial charge on any atom is 0.181 e. The van der Waals surface area contributed by atoms with Crippen molar-refractivity contribution >= 4 is 23.2 Å². The molecular weight excluding hydrogens is 221 g/mol. The van der Waals surface area contributed by atoms with Crippen LogP contribution in [0.2, 0.25) is 0 Å². The Labute approximate surface area is 92.0 Å². The SMILES string of the molecule is N#C[C@@H]1O[C@]1(c1ccccc1)C(Cl)Cl. The monoisotopic (exact) mass is 227 g/mol. The molecule has 0 unspecified atom stereocenters. The molecule has 1 saturated heterocycles. The van der Waals surface area contributed by atoms with Crippen molar-refractivity contribution in [1.29, 1.82) is 5.26 Å². The normalized spacial score (nSPS) is 30.0. The molecule has 2 nitrogen and oxygen atoms in total. The number of hydrogen-bond donors (Lipinski definition) is 0. The molecule has 1 aliphatic heterocycles. The van der Waals surface area contributed by atoms with E-state index >= 15 is 0 Å². The largest absolute Gasteiger partial charge is 0.342 e. The van der Waals surface area contributed by atoms with Crippen LogP contribution in [0.25, 0.3) is 0 Å².